The second kappa shape index (κ2) is 6.66. The van der Waals surface area contributed by atoms with E-state index in [2.05, 4.69) is 22.6 Å². The van der Waals surface area contributed by atoms with Gasteiger partial charge in [0.2, 0.25) is 0 Å². The number of hydrogen-bond acceptors (Lipinski definition) is 6. The summed E-state index contributed by atoms with van der Waals surface area (Å²) in [6, 6.07) is 9.02. The Hall–Kier alpha value is -3.32. The molecule has 7 heteroatoms. The van der Waals surface area contributed by atoms with Crippen molar-refractivity contribution in [2.24, 2.45) is 0 Å². The highest BCUT2D eigenvalue weighted by atomic mass is 16.4. The lowest BCUT2D eigenvalue weighted by atomic mass is 10.1. The van der Waals surface area contributed by atoms with Crippen molar-refractivity contribution >= 4 is 5.91 Å². The molecule has 0 saturated carbocycles. The highest BCUT2D eigenvalue weighted by molar-refractivity contribution is 5.90. The monoisotopic (exact) mass is 335 g/mol. The van der Waals surface area contributed by atoms with E-state index < -0.39 is 5.91 Å². The van der Waals surface area contributed by atoms with E-state index in [1.165, 1.54) is 0 Å². The van der Waals surface area contributed by atoms with Crippen LogP contribution in [0.4, 0.5) is 0 Å². The fourth-order valence-electron chi connectivity index (χ4n) is 3.01. The quantitative estimate of drug-likeness (QED) is 0.862. The van der Waals surface area contributed by atoms with Crippen LogP contribution in [0.3, 0.4) is 0 Å². The number of carbonyl (C=O) groups excluding carboxylic acids is 1. The molecule has 0 radical (unpaired) electrons. The molecule has 3 rings (SSSR count). The predicted molar refractivity (Wildman–Crippen MR) is 89.0 cm³/mol. The summed E-state index contributed by atoms with van der Waals surface area (Å²) >= 11 is 0. The molecule has 0 bridgehead atoms. The minimum Gasteiger partial charge on any atom is -0.432 e. The number of rotatable bonds is 3. The molecule has 2 atom stereocenters. The molecule has 2 aromatic rings. The summed E-state index contributed by atoms with van der Waals surface area (Å²) in [5.74, 6) is 0.0568. The largest absolute Gasteiger partial charge is 0.432 e. The van der Waals surface area contributed by atoms with Gasteiger partial charge in [-0.05, 0) is 32.4 Å². The van der Waals surface area contributed by atoms with Crippen molar-refractivity contribution in [1.82, 2.24) is 15.2 Å². The molecule has 1 N–H and O–H groups in total. The van der Waals surface area contributed by atoms with Crippen LogP contribution in [0.5, 0.6) is 0 Å². The molecular weight excluding hydrogens is 318 g/mol. The first-order chi connectivity index (χ1) is 12.0. The highest BCUT2D eigenvalue weighted by Crippen LogP contribution is 2.25. The van der Waals surface area contributed by atoms with Gasteiger partial charge in [0, 0.05) is 24.2 Å². The van der Waals surface area contributed by atoms with Crippen molar-refractivity contribution < 1.29 is 9.21 Å². The van der Waals surface area contributed by atoms with Crippen molar-refractivity contribution in [2.75, 3.05) is 6.54 Å². The van der Waals surface area contributed by atoms with E-state index >= 15 is 0 Å². The summed E-state index contributed by atoms with van der Waals surface area (Å²) in [5.41, 5.74) is 1.79. The zero-order valence-electron chi connectivity index (χ0n) is 14.0. The third kappa shape index (κ3) is 3.31. The minimum atomic E-state index is -0.400. The molecule has 25 heavy (non-hydrogen) atoms. The molecule has 126 valence electrons. The Morgan fingerprint density at radius 3 is 2.92 bits per heavy atom. The van der Waals surface area contributed by atoms with E-state index in [0.717, 1.165) is 0 Å². The number of nitrogens with zero attached hydrogens (tertiary/aromatic N) is 4. The number of amides is 1. The van der Waals surface area contributed by atoms with Crippen molar-refractivity contribution in [1.29, 1.82) is 10.5 Å². The maximum atomic E-state index is 12.4. The average Bonchev–Trinajstić information content (AvgIpc) is 3.17. The second-order valence-corrected chi connectivity index (χ2v) is 6.13. The summed E-state index contributed by atoms with van der Waals surface area (Å²) in [4.78, 5) is 18.2. The fourth-order valence-corrected chi connectivity index (χ4v) is 3.01. The van der Waals surface area contributed by atoms with Gasteiger partial charge in [-0.3, -0.25) is 4.79 Å². The molecule has 7 nitrogen and oxygen atoms in total. The van der Waals surface area contributed by atoms with E-state index in [0.29, 0.717) is 35.5 Å². The third-order valence-corrected chi connectivity index (χ3v) is 4.28. The lowest BCUT2D eigenvalue weighted by Gasteiger charge is -2.11. The SMILES string of the molecule is Cc1nc(C(=O)NC2C[C@@H](C)N(C#N)C2)oc1-c1cccc(C#N)c1. The second-order valence-electron chi connectivity index (χ2n) is 6.13. The van der Waals surface area contributed by atoms with Crippen LogP contribution >= 0.6 is 0 Å². The zero-order valence-corrected chi connectivity index (χ0v) is 14.0. The molecule has 1 saturated heterocycles. The van der Waals surface area contributed by atoms with Gasteiger partial charge in [0.05, 0.1) is 17.3 Å². The number of likely N-dealkylation sites (tertiary alicyclic amines) is 1. The van der Waals surface area contributed by atoms with E-state index in [1.807, 2.05) is 6.92 Å². The summed E-state index contributed by atoms with van der Waals surface area (Å²) in [5, 5.41) is 20.9. The highest BCUT2D eigenvalue weighted by Gasteiger charge is 2.30. The van der Waals surface area contributed by atoms with E-state index in [-0.39, 0.29) is 18.0 Å². The van der Waals surface area contributed by atoms with Crippen LogP contribution in [0.2, 0.25) is 0 Å². The molecular formula is C18H17N5O2. The van der Waals surface area contributed by atoms with Crippen molar-refractivity contribution in [3.8, 4) is 23.6 Å². The summed E-state index contributed by atoms with van der Waals surface area (Å²) in [6.07, 6.45) is 2.82. The number of oxazole rings is 1. The average molecular weight is 335 g/mol. The van der Waals surface area contributed by atoms with Crippen molar-refractivity contribution in [3.05, 3.63) is 41.4 Å². The van der Waals surface area contributed by atoms with Crippen LogP contribution in [0.15, 0.2) is 28.7 Å². The number of aryl methyl sites for hydroxylation is 1. The first-order valence-corrected chi connectivity index (χ1v) is 7.97. The molecule has 0 spiro atoms. The predicted octanol–water partition coefficient (Wildman–Crippen LogP) is 2.20. The fraction of sp³-hybridized carbons (Fsp3) is 0.333. The number of hydrogen-bond donors (Lipinski definition) is 1. The molecule has 1 aromatic heterocycles. The molecule has 1 aromatic carbocycles. The van der Waals surface area contributed by atoms with Gasteiger partial charge < -0.3 is 14.6 Å². The Labute approximate surface area is 145 Å². The van der Waals surface area contributed by atoms with Gasteiger partial charge in [-0.25, -0.2) is 4.98 Å². The van der Waals surface area contributed by atoms with E-state index in [4.69, 9.17) is 14.9 Å². The molecule has 1 aliphatic heterocycles. The van der Waals surface area contributed by atoms with Crippen molar-refractivity contribution in [3.63, 3.8) is 0 Å². The van der Waals surface area contributed by atoms with Gasteiger partial charge >= 0.3 is 5.91 Å². The van der Waals surface area contributed by atoms with Crippen LogP contribution in [-0.2, 0) is 0 Å². The van der Waals surface area contributed by atoms with Gasteiger partial charge in [0.15, 0.2) is 12.0 Å². The number of aromatic nitrogens is 1. The Bertz CT molecular complexity index is 890. The topological polar surface area (TPSA) is 106 Å². The van der Waals surface area contributed by atoms with Gasteiger partial charge in [0.25, 0.3) is 5.89 Å². The molecule has 1 fully saturated rings. The normalized spacial score (nSPS) is 19.3. The van der Waals surface area contributed by atoms with Crippen LogP contribution in [0, 0.1) is 29.7 Å². The number of nitriles is 2. The molecule has 0 aliphatic carbocycles. The Morgan fingerprint density at radius 1 is 1.44 bits per heavy atom. The first-order valence-electron chi connectivity index (χ1n) is 7.97. The molecule has 1 aliphatic rings. The molecule has 1 unspecified atom stereocenters. The van der Waals surface area contributed by atoms with Gasteiger partial charge in [-0.2, -0.15) is 10.5 Å². The minimum absolute atomic E-state index is 0.0158. The standard InChI is InChI=1S/C18H17N5O2/c1-11-6-15(9-23(11)10-20)22-17(24)18-21-12(2)16(25-18)14-5-3-4-13(7-14)8-19/h3-5,7,11,15H,6,9H2,1-2H3,(H,22,24)/t11-,15?/m1/s1. The number of nitrogens with one attached hydrogen (secondary N) is 1. The maximum absolute atomic E-state index is 12.4. The van der Waals surface area contributed by atoms with E-state index in [9.17, 15) is 4.79 Å². The van der Waals surface area contributed by atoms with Gasteiger partial charge in [0.1, 0.15) is 0 Å². The maximum Gasteiger partial charge on any atom is 0.307 e. The summed E-state index contributed by atoms with van der Waals surface area (Å²) in [6.45, 7) is 4.19. The van der Waals surface area contributed by atoms with Crippen LogP contribution in [-0.4, -0.2) is 34.4 Å². The van der Waals surface area contributed by atoms with Crippen molar-refractivity contribution in [2.45, 2.75) is 32.4 Å². The lowest BCUT2D eigenvalue weighted by molar-refractivity contribution is 0.0904. The van der Waals surface area contributed by atoms with Crippen LogP contribution in [0.25, 0.3) is 11.3 Å². The zero-order chi connectivity index (χ0) is 18.0. The van der Waals surface area contributed by atoms with Crippen LogP contribution in [0.1, 0.15) is 35.3 Å². The molecule has 2 heterocycles. The number of carbonyl (C=O) groups is 1. The Morgan fingerprint density at radius 2 is 2.24 bits per heavy atom. The van der Waals surface area contributed by atoms with Gasteiger partial charge in [-0.15, -0.1) is 0 Å². The smallest absolute Gasteiger partial charge is 0.307 e. The summed E-state index contributed by atoms with van der Waals surface area (Å²) in [7, 11) is 0. The third-order valence-electron chi connectivity index (χ3n) is 4.28. The molecule has 1 amide bonds. The summed E-state index contributed by atoms with van der Waals surface area (Å²) < 4.78 is 5.64. The van der Waals surface area contributed by atoms with Crippen LogP contribution < -0.4 is 5.32 Å². The lowest BCUT2D eigenvalue weighted by Crippen LogP contribution is -2.36. The first kappa shape index (κ1) is 16.5. The number of benzene rings is 1. The van der Waals surface area contributed by atoms with E-state index in [1.54, 1.807) is 36.1 Å². The van der Waals surface area contributed by atoms with Gasteiger partial charge in [-0.1, -0.05) is 12.1 Å². The Balaban J connectivity index is 1.77. The Kier molecular flexibility index (Phi) is 4.40.